The zero-order valence-corrected chi connectivity index (χ0v) is 13.9. The lowest BCUT2D eigenvalue weighted by atomic mass is 9.81. The molecule has 0 saturated heterocycles. The number of hydrogen-bond acceptors (Lipinski definition) is 2. The van der Waals surface area contributed by atoms with E-state index in [2.05, 4.69) is 17.2 Å². The van der Waals surface area contributed by atoms with Gasteiger partial charge in [-0.2, -0.15) is 52.7 Å². The highest BCUT2D eigenvalue weighted by atomic mass is 32.1. The van der Waals surface area contributed by atoms with Crippen LogP contribution >= 0.6 is 12.2 Å². The second kappa shape index (κ2) is 8.28. The largest absolute Gasteiger partial charge is 0.431 e. The lowest BCUT2D eigenvalue weighted by Crippen LogP contribution is -2.57. The monoisotopic (exact) mass is 465 g/mol. The van der Waals surface area contributed by atoms with E-state index in [0.29, 0.717) is 0 Å². The molecule has 0 atom stereocenters. The Morgan fingerprint density at radius 2 is 0.893 bits per heavy atom. The van der Waals surface area contributed by atoms with Gasteiger partial charge in [0.05, 0.1) is 5.16 Å². The van der Waals surface area contributed by atoms with Crippen LogP contribution in [0.4, 0.5) is 61.5 Å². The van der Waals surface area contributed by atoms with E-state index in [4.69, 9.17) is 0 Å². The molecule has 0 aliphatic carbocycles. The van der Waals surface area contributed by atoms with E-state index in [1.165, 1.54) is 5.16 Å². The smallest absolute Gasteiger partial charge is 0.233 e. The van der Waals surface area contributed by atoms with Crippen molar-refractivity contribution in [3.05, 3.63) is 0 Å². The maximum atomic E-state index is 13.7. The molecule has 0 amide bonds. The van der Waals surface area contributed by atoms with Crippen molar-refractivity contribution in [3.8, 4) is 0 Å². The van der Waals surface area contributed by atoms with Crippen molar-refractivity contribution in [3.63, 3.8) is 0 Å². The van der Waals surface area contributed by atoms with Crippen molar-refractivity contribution in [2.75, 3.05) is 6.54 Å². The summed E-state index contributed by atoms with van der Waals surface area (Å²) in [5.41, 5.74) is -12.4. The lowest BCUT2D eigenvalue weighted by Gasteiger charge is -2.36. The van der Waals surface area contributed by atoms with Gasteiger partial charge in [-0.15, -0.1) is 0 Å². The molecular weight excluding hydrogens is 456 g/mol. The van der Waals surface area contributed by atoms with E-state index < -0.39 is 67.8 Å². The third-order valence-corrected chi connectivity index (χ3v) is 3.78. The van der Waals surface area contributed by atoms with Crippen LogP contribution in [0.2, 0.25) is 0 Å². The minimum Gasteiger partial charge on any atom is -0.233 e. The van der Waals surface area contributed by atoms with E-state index in [1.807, 2.05) is 0 Å². The molecule has 0 aromatic heterocycles. The molecule has 0 aromatic rings. The molecule has 0 saturated carbocycles. The van der Waals surface area contributed by atoms with Gasteiger partial charge in [-0.1, -0.05) is 0 Å². The summed E-state index contributed by atoms with van der Waals surface area (Å²) in [7, 11) is 0. The zero-order chi connectivity index (χ0) is 22.8. The molecule has 0 rings (SSSR count). The van der Waals surface area contributed by atoms with Crippen LogP contribution in [0.3, 0.4) is 0 Å². The van der Waals surface area contributed by atoms with Gasteiger partial charge in [0.2, 0.25) is 0 Å². The Kier molecular flexibility index (Phi) is 7.93. The second-order valence-corrected chi connectivity index (χ2v) is 5.81. The number of halogens is 14. The highest BCUT2D eigenvalue weighted by molar-refractivity contribution is 7.78. The van der Waals surface area contributed by atoms with Gasteiger partial charge in [0, 0.05) is 19.4 Å². The third kappa shape index (κ3) is 5.67. The average Bonchev–Trinajstić information content (AvgIpc) is 2.42. The fraction of sp³-hybridized carbons (Fsp3) is 0.917. The fourth-order valence-corrected chi connectivity index (χ4v) is 2.24. The zero-order valence-electron chi connectivity index (χ0n) is 13.1. The van der Waals surface area contributed by atoms with E-state index in [1.54, 1.807) is 0 Å². The number of thiocarbonyl (C=S) groups is 1. The first-order chi connectivity index (χ1) is 12.1. The van der Waals surface area contributed by atoms with Gasteiger partial charge in [0.15, 0.2) is 0 Å². The van der Waals surface area contributed by atoms with Gasteiger partial charge >= 0.3 is 24.7 Å². The number of isothiocyanates is 1. The van der Waals surface area contributed by atoms with Gasteiger partial charge in [-0.3, -0.25) is 0 Å². The highest BCUT2D eigenvalue weighted by Gasteiger charge is 2.75. The summed E-state index contributed by atoms with van der Waals surface area (Å²) in [6.07, 6.45) is -34.2. The number of nitrogens with zero attached hydrogens (tertiary/aromatic N) is 1. The second-order valence-electron chi connectivity index (χ2n) is 5.63. The molecule has 0 heterocycles. The van der Waals surface area contributed by atoms with Crippen molar-refractivity contribution < 1.29 is 61.5 Å². The summed E-state index contributed by atoms with van der Waals surface area (Å²) in [5.74, 6) is -3.02. The molecule has 0 aliphatic heterocycles. The van der Waals surface area contributed by atoms with E-state index >= 15 is 0 Å². The first-order valence-electron chi connectivity index (χ1n) is 6.82. The normalized spacial score (nSPS) is 15.0. The molecule has 0 aromatic carbocycles. The molecule has 166 valence electrons. The van der Waals surface area contributed by atoms with E-state index in [-0.39, 0.29) is 0 Å². The van der Waals surface area contributed by atoms with Crippen molar-refractivity contribution in [1.82, 2.24) is 0 Å². The quantitative estimate of drug-likeness (QED) is 0.236. The molecule has 16 heteroatoms. The molecule has 0 aliphatic rings. The number of rotatable bonds is 7. The predicted molar refractivity (Wildman–Crippen MR) is 69.1 cm³/mol. The molecule has 0 unspecified atom stereocenters. The van der Waals surface area contributed by atoms with Crippen LogP contribution in [0.25, 0.3) is 0 Å². The minimum absolute atomic E-state index is 1.01. The third-order valence-electron chi connectivity index (χ3n) is 3.65. The van der Waals surface area contributed by atoms with Gasteiger partial charge in [-0.05, 0) is 24.6 Å². The Hall–Kier alpha value is -1.18. The number of hydrogen-bond donors (Lipinski definition) is 0. The average molecular weight is 465 g/mol. The number of aliphatic imine (C=N–C) groups is 1. The van der Waals surface area contributed by atoms with Crippen molar-refractivity contribution >= 4 is 17.4 Å². The standard InChI is InChI=1S/C12H9F14NS/c13-7(9(15,16)17,10(18,19)20)3-6(1-2-27-5-28)4-8(14,11(21,22)23)12(24,25)26/h6H,1-4H2. The summed E-state index contributed by atoms with van der Waals surface area (Å²) < 4.78 is 178. The summed E-state index contributed by atoms with van der Waals surface area (Å²) >= 11 is 3.98. The Morgan fingerprint density at radius 3 is 1.11 bits per heavy atom. The minimum atomic E-state index is -6.74. The van der Waals surface area contributed by atoms with Crippen LogP contribution in [-0.4, -0.2) is 47.7 Å². The summed E-state index contributed by atoms with van der Waals surface area (Å²) in [4.78, 5) is 2.92. The first kappa shape index (κ1) is 26.8. The van der Waals surface area contributed by atoms with Crippen molar-refractivity contribution in [2.45, 2.75) is 55.3 Å². The van der Waals surface area contributed by atoms with Crippen LogP contribution < -0.4 is 0 Å². The molecule has 0 N–H and O–H groups in total. The molecule has 1 nitrogen and oxygen atoms in total. The molecular formula is C12H9F14NS. The van der Waals surface area contributed by atoms with Crippen molar-refractivity contribution in [2.24, 2.45) is 10.9 Å². The Balaban J connectivity index is 6.18. The van der Waals surface area contributed by atoms with Crippen LogP contribution in [0.1, 0.15) is 19.3 Å². The Morgan fingerprint density at radius 1 is 0.607 bits per heavy atom. The van der Waals surface area contributed by atoms with Gasteiger partial charge in [0.25, 0.3) is 11.3 Å². The maximum Gasteiger partial charge on any atom is 0.431 e. The van der Waals surface area contributed by atoms with E-state index in [0.717, 1.165) is 0 Å². The number of alkyl halides is 14. The molecule has 28 heavy (non-hydrogen) atoms. The van der Waals surface area contributed by atoms with Gasteiger partial charge < -0.3 is 0 Å². The lowest BCUT2D eigenvalue weighted by molar-refractivity contribution is -0.356. The predicted octanol–water partition coefficient (Wildman–Crippen LogP) is 6.54. The maximum absolute atomic E-state index is 13.7. The Labute approximate surface area is 152 Å². The van der Waals surface area contributed by atoms with Crippen molar-refractivity contribution in [1.29, 1.82) is 0 Å². The van der Waals surface area contributed by atoms with E-state index in [9.17, 15) is 61.5 Å². The van der Waals surface area contributed by atoms with Crippen LogP contribution in [0, 0.1) is 5.92 Å². The summed E-state index contributed by atoms with van der Waals surface area (Å²) in [5, 5.41) is 1.50. The van der Waals surface area contributed by atoms with Crippen LogP contribution in [-0.2, 0) is 0 Å². The molecule has 0 bridgehead atoms. The van der Waals surface area contributed by atoms with Crippen LogP contribution in [0.15, 0.2) is 4.99 Å². The first-order valence-corrected chi connectivity index (χ1v) is 7.23. The van der Waals surface area contributed by atoms with Gasteiger partial charge in [0.1, 0.15) is 0 Å². The molecule has 0 fully saturated rings. The summed E-state index contributed by atoms with van der Waals surface area (Å²) in [6, 6.07) is 0. The topological polar surface area (TPSA) is 12.4 Å². The highest BCUT2D eigenvalue weighted by Crippen LogP contribution is 2.54. The molecule has 0 radical (unpaired) electrons. The summed E-state index contributed by atoms with van der Waals surface area (Å²) in [6.45, 7) is -1.01. The van der Waals surface area contributed by atoms with Gasteiger partial charge in [-0.25, -0.2) is 13.8 Å². The molecule has 0 spiro atoms. The Bertz CT molecular complexity index is 497. The SMILES string of the molecule is FC(F)(F)C(F)(CC(CCN=C=S)CC(F)(C(F)(F)F)C(F)(F)F)C(F)(F)F. The fourth-order valence-electron chi connectivity index (χ4n) is 2.15. The van der Waals surface area contributed by atoms with Crippen LogP contribution in [0.5, 0.6) is 0 Å².